The number of hydrogen-bond donors (Lipinski definition) is 19. The first-order valence-corrected chi connectivity index (χ1v) is 31.0. The topological polar surface area (TPSA) is 486 Å². The van der Waals surface area contributed by atoms with Crippen LogP contribution in [0.2, 0.25) is 0 Å². The normalized spacial score (nSPS) is 55.6. The maximum absolute atomic E-state index is 12.2. The fourth-order valence-electron chi connectivity index (χ4n) is 17.2. The van der Waals surface area contributed by atoms with Crippen LogP contribution in [0.25, 0.3) is 0 Å². The lowest BCUT2D eigenvalue weighted by Gasteiger charge is -2.62. The van der Waals surface area contributed by atoms with E-state index in [4.69, 9.17) is 52.1 Å². The van der Waals surface area contributed by atoms with Crippen molar-refractivity contribution in [1.82, 2.24) is 0 Å². The van der Waals surface area contributed by atoms with Gasteiger partial charge in [0.1, 0.15) is 122 Å². The minimum absolute atomic E-state index is 0.0498. The van der Waals surface area contributed by atoms with Crippen molar-refractivity contribution in [3.05, 3.63) is 0 Å². The highest BCUT2D eigenvalue weighted by atomic mass is 16.8. The molecule has 0 bridgehead atoms. The van der Waals surface area contributed by atoms with Gasteiger partial charge in [0.15, 0.2) is 37.2 Å². The summed E-state index contributed by atoms with van der Waals surface area (Å²) in [4.78, 5) is 0. The number of aliphatic hydroxyl groups excluding tert-OH is 18. The molecule has 0 aromatic carbocycles. The fourth-order valence-corrected chi connectivity index (χ4v) is 17.2. The van der Waals surface area contributed by atoms with Crippen molar-refractivity contribution >= 4 is 0 Å². The average Bonchev–Trinajstić information content (AvgIpc) is 1.60. The predicted octanol–water partition coefficient (Wildman–Crippen LogP) is -7.16. The first kappa shape index (κ1) is 68.7. The molecule has 30 nitrogen and oxygen atoms in total. The Morgan fingerprint density at radius 1 is 0.460 bits per heavy atom. The summed E-state index contributed by atoms with van der Waals surface area (Å²) >= 11 is 0. The Labute approximate surface area is 502 Å². The Bertz CT molecular complexity index is 2220. The van der Waals surface area contributed by atoms with Gasteiger partial charge in [-0.15, -0.1) is 0 Å². The molecule has 4 aliphatic carbocycles. The molecule has 19 N–H and O–H groups in total. The molecule has 6 aliphatic heterocycles. The van der Waals surface area contributed by atoms with Crippen molar-refractivity contribution in [1.29, 1.82) is 0 Å². The minimum atomic E-state index is -2.08. The Morgan fingerprint density at radius 3 is 1.51 bits per heavy atom. The molecule has 6 saturated heterocycles. The van der Waals surface area contributed by atoms with Gasteiger partial charge in [-0.25, -0.2) is 0 Å². The van der Waals surface area contributed by atoms with Crippen LogP contribution < -0.4 is 0 Å². The number of aliphatic hydroxyl groups is 19. The Hall–Kier alpha value is -1.20. The molecule has 0 aromatic heterocycles. The lowest BCUT2D eigenvalue weighted by atomic mass is 9.43. The van der Waals surface area contributed by atoms with Gasteiger partial charge in [-0.1, -0.05) is 27.7 Å². The van der Waals surface area contributed by atoms with Gasteiger partial charge < -0.3 is 149 Å². The van der Waals surface area contributed by atoms with Gasteiger partial charge in [0.2, 0.25) is 0 Å². The molecule has 0 aromatic rings. The Balaban J connectivity index is 0.777. The van der Waals surface area contributed by atoms with Gasteiger partial charge in [-0.2, -0.15) is 0 Å². The summed E-state index contributed by atoms with van der Waals surface area (Å²) in [6.07, 6.45) is -40.2. The van der Waals surface area contributed by atoms with Crippen molar-refractivity contribution < 1.29 is 149 Å². The van der Waals surface area contributed by atoms with Crippen LogP contribution in [-0.4, -0.2) is 314 Å². The third-order valence-electron chi connectivity index (χ3n) is 22.2. The SMILES string of the molecule is C[C@@H](CC[C@@]1(O)O[C@@H]2C[C@H]3[C@H]4C[C@H](O)[C@H]5C[C@H](O[C@@H]6O[C@H](CO)[C@H](O[C@H]7O[C@H](CO)[C@@H](O)[C@H](O[C@@H]8O[C@H](CO)[C@@H](O)[C@H](O)[C@H]8O)[C@H]7O[C@@H]7O[C@H](CO)[C@@H](O)[C@H](O)[C@H]7O)[C@H](O)[C@H]6O)CC[C@]5(C)[C@@H]4CC[C@@]3(C)[C@@H]2[C@@H]1C)CO[C@@H]1O[C@H](CO)[C@@H](O)[C@H](O)[C@H]1O. The van der Waals surface area contributed by atoms with Gasteiger partial charge in [-0.3, -0.25) is 0 Å². The molecular formula is C57H96O30. The smallest absolute Gasteiger partial charge is 0.187 e. The molecule has 38 atom stereocenters. The second kappa shape index (κ2) is 27.3. The third-order valence-corrected chi connectivity index (χ3v) is 22.2. The zero-order chi connectivity index (χ0) is 63.1. The quantitative estimate of drug-likeness (QED) is 0.0534. The van der Waals surface area contributed by atoms with Gasteiger partial charge in [0, 0.05) is 12.3 Å². The lowest BCUT2D eigenvalue weighted by Crippen LogP contribution is -2.68. The molecular weight excluding hydrogens is 1160 g/mol. The number of ether oxygens (including phenoxy) is 11. The van der Waals surface area contributed by atoms with Crippen molar-refractivity contribution in [3.63, 3.8) is 0 Å². The number of fused-ring (bicyclic) bond motifs is 7. The standard InChI is InChI=1S/C57H96O30/c1-20(19-77-50-43(72)39(68)35(64)29(14-58)79-50)5-10-57(76)21(2)34-28(87-57)13-25-23-12-27(63)26-11-22(6-8-55(26,3)24(23)7-9-56(25,34)4)78-51-46(75)42(71)47(33(18-62)83-51)84-54-49(86-53-45(74)41(70)37(66)31(16-60)81-53)48(38(67)32(17-61)82-54)85-52-44(73)40(69)36(65)30(15-59)80-52/h20-54,58-76H,5-19H2,1-4H3/t20-,21-,22+,23-,24+,25-,26+,27-,28+,29+,30+,31+,32+,33+,34+,35+,36+,37+,38+,39-,40-,41-,42+,43+,44+,45+,46+,47-,48-,49+,50+,51+,52-,53-,54+,55+,56+,57+/m0/s1. The van der Waals surface area contributed by atoms with E-state index in [0.717, 1.165) is 19.3 Å². The molecule has 10 rings (SSSR count). The van der Waals surface area contributed by atoms with Crippen molar-refractivity contribution in [3.8, 4) is 0 Å². The molecule has 0 amide bonds. The fraction of sp³-hybridized carbons (Fsp3) is 1.00. The molecule has 4 saturated carbocycles. The van der Waals surface area contributed by atoms with E-state index in [9.17, 15) is 97.0 Å². The van der Waals surface area contributed by atoms with Crippen LogP contribution in [0.5, 0.6) is 0 Å². The summed E-state index contributed by atoms with van der Waals surface area (Å²) in [6.45, 7) is 4.43. The van der Waals surface area contributed by atoms with Crippen LogP contribution in [0, 0.1) is 52.3 Å². The van der Waals surface area contributed by atoms with Crippen LogP contribution in [0.1, 0.15) is 85.5 Å². The molecule has 10 aliphatic rings. The molecule has 6 heterocycles. The zero-order valence-electron chi connectivity index (χ0n) is 49.3. The molecule has 10 fully saturated rings. The van der Waals surface area contributed by atoms with Gasteiger partial charge >= 0.3 is 0 Å². The summed E-state index contributed by atoms with van der Waals surface area (Å²) in [7, 11) is 0. The largest absolute Gasteiger partial charge is 0.394 e. The Kier molecular flexibility index (Phi) is 21.5. The van der Waals surface area contributed by atoms with Gasteiger partial charge in [-0.05, 0) is 97.7 Å². The van der Waals surface area contributed by atoms with Crippen LogP contribution in [0.15, 0.2) is 0 Å². The van der Waals surface area contributed by atoms with Crippen LogP contribution >= 0.6 is 0 Å². The van der Waals surface area contributed by atoms with Crippen LogP contribution in [0.3, 0.4) is 0 Å². The number of hydrogen-bond acceptors (Lipinski definition) is 30. The van der Waals surface area contributed by atoms with E-state index in [0.29, 0.717) is 38.5 Å². The molecule has 504 valence electrons. The second-order valence-electron chi connectivity index (χ2n) is 27.2. The lowest BCUT2D eigenvalue weighted by molar-refractivity contribution is -0.406. The minimum Gasteiger partial charge on any atom is -0.394 e. The van der Waals surface area contributed by atoms with Gasteiger partial charge in [0.25, 0.3) is 0 Å². The molecule has 0 spiro atoms. The van der Waals surface area contributed by atoms with E-state index in [1.807, 2.05) is 13.8 Å². The van der Waals surface area contributed by atoms with E-state index in [1.54, 1.807) is 0 Å². The highest BCUT2D eigenvalue weighted by molar-refractivity contribution is 5.16. The molecule has 0 unspecified atom stereocenters. The van der Waals surface area contributed by atoms with E-state index >= 15 is 0 Å². The Morgan fingerprint density at radius 2 is 0.931 bits per heavy atom. The first-order chi connectivity index (χ1) is 41.2. The second-order valence-corrected chi connectivity index (χ2v) is 27.2. The van der Waals surface area contributed by atoms with Crippen molar-refractivity contribution in [2.75, 3.05) is 39.6 Å². The molecule has 87 heavy (non-hydrogen) atoms. The number of rotatable bonds is 19. The van der Waals surface area contributed by atoms with Crippen molar-refractivity contribution in [2.24, 2.45) is 52.3 Å². The summed E-state index contributed by atoms with van der Waals surface area (Å²) in [5, 5.41) is 205. The highest BCUT2D eigenvalue weighted by Crippen LogP contribution is 2.71. The highest BCUT2D eigenvalue weighted by Gasteiger charge is 2.69. The maximum atomic E-state index is 12.2. The van der Waals surface area contributed by atoms with E-state index in [2.05, 4.69) is 13.8 Å². The average molecular weight is 1260 g/mol. The maximum Gasteiger partial charge on any atom is 0.187 e. The summed E-state index contributed by atoms with van der Waals surface area (Å²) in [5.41, 5.74) is -0.511. The van der Waals surface area contributed by atoms with E-state index < -0.39 is 205 Å². The monoisotopic (exact) mass is 1260 g/mol. The summed E-state index contributed by atoms with van der Waals surface area (Å²) in [5.74, 6) is -1.33. The van der Waals surface area contributed by atoms with Crippen LogP contribution in [-0.2, 0) is 52.1 Å². The molecule has 0 radical (unpaired) electrons. The summed E-state index contributed by atoms with van der Waals surface area (Å²) < 4.78 is 65.8. The van der Waals surface area contributed by atoms with E-state index in [1.165, 1.54) is 0 Å². The first-order valence-electron chi connectivity index (χ1n) is 31.0. The van der Waals surface area contributed by atoms with Crippen molar-refractivity contribution in [2.45, 2.75) is 263 Å². The molecule has 30 heteroatoms. The van der Waals surface area contributed by atoms with E-state index in [-0.39, 0.29) is 65.0 Å². The van der Waals surface area contributed by atoms with Crippen LogP contribution in [0.4, 0.5) is 0 Å². The predicted molar refractivity (Wildman–Crippen MR) is 286 cm³/mol. The third kappa shape index (κ3) is 12.6. The van der Waals surface area contributed by atoms with Gasteiger partial charge in [0.05, 0.1) is 58.0 Å². The zero-order valence-corrected chi connectivity index (χ0v) is 49.3. The summed E-state index contributed by atoms with van der Waals surface area (Å²) in [6, 6.07) is 0.